The molecule has 0 aromatic rings. The molecule has 0 heterocycles. The molecule has 3 nitrogen and oxygen atoms in total. The molecule has 0 saturated carbocycles. The number of hydrogen-bond acceptors (Lipinski definition) is 3. The molecule has 0 fully saturated rings. The fourth-order valence-corrected chi connectivity index (χ4v) is 0.482. The Morgan fingerprint density at radius 2 is 2.00 bits per heavy atom. The van der Waals surface area contributed by atoms with E-state index in [0.29, 0.717) is 5.82 Å². The lowest BCUT2D eigenvalue weighted by Crippen LogP contribution is -2.08. The average Bonchev–Trinajstić information content (AvgIpc) is 1.82. The van der Waals surface area contributed by atoms with Crippen molar-refractivity contribution in [1.82, 2.24) is 0 Å². The zero-order chi connectivity index (χ0) is 7.28. The lowest BCUT2D eigenvalue weighted by Gasteiger charge is -1.94. The molecular formula is C6H13N3. The topological polar surface area (TPSA) is 78.1 Å². The van der Waals surface area contributed by atoms with Crippen molar-refractivity contribution in [3.05, 3.63) is 23.7 Å². The van der Waals surface area contributed by atoms with Gasteiger partial charge in [0.2, 0.25) is 0 Å². The minimum Gasteiger partial charge on any atom is -0.404 e. The third kappa shape index (κ3) is 3.46. The highest BCUT2D eigenvalue weighted by Gasteiger charge is 1.85. The van der Waals surface area contributed by atoms with Crippen molar-refractivity contribution < 1.29 is 0 Å². The molecule has 0 rings (SSSR count). The fourth-order valence-electron chi connectivity index (χ4n) is 0.482. The molecule has 0 radical (unpaired) electrons. The summed E-state index contributed by atoms with van der Waals surface area (Å²) in [5.41, 5.74) is 16.5. The summed E-state index contributed by atoms with van der Waals surface area (Å²) in [6, 6.07) is 0. The van der Waals surface area contributed by atoms with Gasteiger partial charge in [0.1, 0.15) is 0 Å². The molecule has 0 aliphatic carbocycles. The maximum atomic E-state index is 5.21. The van der Waals surface area contributed by atoms with E-state index in [0.717, 1.165) is 12.0 Å². The zero-order valence-corrected chi connectivity index (χ0v) is 5.59. The van der Waals surface area contributed by atoms with Gasteiger partial charge in [-0.25, -0.2) is 0 Å². The Labute approximate surface area is 55.2 Å². The van der Waals surface area contributed by atoms with E-state index in [1.165, 1.54) is 6.20 Å². The monoisotopic (exact) mass is 127 g/mol. The fraction of sp³-hybridized carbons (Fsp3) is 0.333. The molecule has 0 unspecified atom stereocenters. The van der Waals surface area contributed by atoms with Gasteiger partial charge in [0.05, 0.1) is 5.82 Å². The Kier molecular flexibility index (Phi) is 3.35. The largest absolute Gasteiger partial charge is 0.404 e. The third-order valence-electron chi connectivity index (χ3n) is 0.974. The number of nitrogens with two attached hydrogens (primary N) is 3. The summed E-state index contributed by atoms with van der Waals surface area (Å²) < 4.78 is 0. The first-order chi connectivity index (χ1) is 4.20. The molecule has 0 bridgehead atoms. The first kappa shape index (κ1) is 7.88. The van der Waals surface area contributed by atoms with Gasteiger partial charge in [-0.3, -0.25) is 0 Å². The molecule has 0 amide bonds. The van der Waals surface area contributed by atoms with Gasteiger partial charge in [0.25, 0.3) is 0 Å². The number of hydrogen-bond donors (Lipinski definition) is 3. The summed E-state index contributed by atoms with van der Waals surface area (Å²) in [5, 5.41) is 0. The molecule has 0 aromatic heterocycles. The summed E-state index contributed by atoms with van der Waals surface area (Å²) in [6.45, 7) is 1.98. The van der Waals surface area contributed by atoms with Crippen LogP contribution in [0.15, 0.2) is 23.7 Å². The smallest absolute Gasteiger partial charge is 0.0936 e. The highest BCUT2D eigenvalue weighted by Crippen LogP contribution is 1.98. The van der Waals surface area contributed by atoms with Crippen LogP contribution in [-0.2, 0) is 0 Å². The van der Waals surface area contributed by atoms with Crippen molar-refractivity contribution in [2.45, 2.75) is 13.3 Å². The van der Waals surface area contributed by atoms with E-state index in [9.17, 15) is 0 Å². The number of allylic oxidation sites excluding steroid dienone is 2. The van der Waals surface area contributed by atoms with Gasteiger partial charge in [0, 0.05) is 0 Å². The first-order valence-corrected chi connectivity index (χ1v) is 2.84. The van der Waals surface area contributed by atoms with Crippen LogP contribution in [0, 0.1) is 0 Å². The standard InChI is InChI=1S/C6H13N3/c1-2-5(4-7)3-6(8)9/h3-4H,2,7-9H2,1H3/b5-4-. The SMILES string of the molecule is CC/C(C=C(N)N)=C/N. The van der Waals surface area contributed by atoms with Crippen molar-refractivity contribution in [3.63, 3.8) is 0 Å². The van der Waals surface area contributed by atoms with Crippen molar-refractivity contribution in [1.29, 1.82) is 0 Å². The maximum absolute atomic E-state index is 5.21. The van der Waals surface area contributed by atoms with E-state index < -0.39 is 0 Å². The van der Waals surface area contributed by atoms with Gasteiger partial charge in [-0.2, -0.15) is 0 Å². The second-order valence-electron chi connectivity index (χ2n) is 1.74. The summed E-state index contributed by atoms with van der Waals surface area (Å²) in [4.78, 5) is 0. The molecular weight excluding hydrogens is 114 g/mol. The molecule has 0 spiro atoms. The van der Waals surface area contributed by atoms with Crippen LogP contribution in [0.3, 0.4) is 0 Å². The molecule has 3 heteroatoms. The van der Waals surface area contributed by atoms with E-state index in [1.54, 1.807) is 6.08 Å². The molecule has 0 aromatic carbocycles. The first-order valence-electron chi connectivity index (χ1n) is 2.84. The van der Waals surface area contributed by atoms with Gasteiger partial charge < -0.3 is 17.2 Å². The Bertz CT molecular complexity index is 131. The lowest BCUT2D eigenvalue weighted by molar-refractivity contribution is 1.11. The highest BCUT2D eigenvalue weighted by atomic mass is 14.8. The average molecular weight is 127 g/mol. The Hall–Kier alpha value is -1.12. The van der Waals surface area contributed by atoms with Crippen LogP contribution in [-0.4, -0.2) is 0 Å². The van der Waals surface area contributed by atoms with E-state index in [4.69, 9.17) is 17.2 Å². The summed E-state index contributed by atoms with van der Waals surface area (Å²) in [7, 11) is 0. The van der Waals surface area contributed by atoms with Gasteiger partial charge in [0.15, 0.2) is 0 Å². The zero-order valence-electron chi connectivity index (χ0n) is 5.59. The third-order valence-corrected chi connectivity index (χ3v) is 0.974. The second-order valence-corrected chi connectivity index (χ2v) is 1.74. The van der Waals surface area contributed by atoms with Crippen molar-refractivity contribution >= 4 is 0 Å². The molecule has 6 N–H and O–H groups in total. The van der Waals surface area contributed by atoms with E-state index >= 15 is 0 Å². The molecule has 52 valence electrons. The Morgan fingerprint density at radius 3 is 2.11 bits per heavy atom. The number of rotatable bonds is 2. The molecule has 0 atom stereocenters. The lowest BCUT2D eigenvalue weighted by atomic mass is 10.2. The predicted octanol–water partition coefficient (Wildman–Crippen LogP) is -0.00220. The molecule has 0 aliphatic heterocycles. The van der Waals surface area contributed by atoms with Crippen molar-refractivity contribution in [2.24, 2.45) is 17.2 Å². The van der Waals surface area contributed by atoms with E-state index in [-0.39, 0.29) is 0 Å². The van der Waals surface area contributed by atoms with Crippen LogP contribution in [0.1, 0.15) is 13.3 Å². The van der Waals surface area contributed by atoms with E-state index in [2.05, 4.69) is 0 Å². The van der Waals surface area contributed by atoms with Crippen LogP contribution < -0.4 is 17.2 Å². The minimum absolute atomic E-state index is 0.300. The van der Waals surface area contributed by atoms with Crippen molar-refractivity contribution in [3.8, 4) is 0 Å². The summed E-state index contributed by atoms with van der Waals surface area (Å²) >= 11 is 0. The maximum Gasteiger partial charge on any atom is 0.0936 e. The minimum atomic E-state index is 0.300. The van der Waals surface area contributed by atoms with Crippen LogP contribution >= 0.6 is 0 Å². The van der Waals surface area contributed by atoms with Crippen LogP contribution in [0.4, 0.5) is 0 Å². The Morgan fingerprint density at radius 1 is 1.44 bits per heavy atom. The highest BCUT2D eigenvalue weighted by molar-refractivity contribution is 5.19. The quantitative estimate of drug-likeness (QED) is 0.457. The van der Waals surface area contributed by atoms with Crippen molar-refractivity contribution in [2.75, 3.05) is 0 Å². The molecule has 0 saturated heterocycles. The Balaban J connectivity index is 4.01. The summed E-state index contributed by atoms with van der Waals surface area (Å²) in [6.07, 6.45) is 4.01. The van der Waals surface area contributed by atoms with Gasteiger partial charge >= 0.3 is 0 Å². The van der Waals surface area contributed by atoms with E-state index in [1.807, 2.05) is 6.92 Å². The second kappa shape index (κ2) is 3.83. The van der Waals surface area contributed by atoms with Gasteiger partial charge in [-0.1, -0.05) is 6.92 Å². The normalized spacial score (nSPS) is 11.0. The summed E-state index contributed by atoms with van der Waals surface area (Å²) in [5.74, 6) is 0.300. The molecule has 0 aliphatic rings. The van der Waals surface area contributed by atoms with Crippen LogP contribution in [0.5, 0.6) is 0 Å². The molecule has 9 heavy (non-hydrogen) atoms. The van der Waals surface area contributed by atoms with Crippen LogP contribution in [0.25, 0.3) is 0 Å². The van der Waals surface area contributed by atoms with Gasteiger partial charge in [-0.15, -0.1) is 0 Å². The van der Waals surface area contributed by atoms with Crippen LogP contribution in [0.2, 0.25) is 0 Å². The van der Waals surface area contributed by atoms with Gasteiger partial charge in [-0.05, 0) is 24.3 Å². The predicted molar refractivity (Wildman–Crippen MR) is 39.0 cm³/mol.